The summed E-state index contributed by atoms with van der Waals surface area (Å²) in [7, 11) is 0. The zero-order valence-electron chi connectivity index (χ0n) is 17.8. The number of rotatable bonds is 5. The van der Waals surface area contributed by atoms with E-state index in [1.54, 1.807) is 0 Å². The average molecular weight is 400 g/mol. The van der Waals surface area contributed by atoms with E-state index in [-0.39, 0.29) is 11.9 Å². The minimum atomic E-state index is -0.565. The lowest BCUT2D eigenvalue weighted by Gasteiger charge is -2.39. The first-order valence-corrected chi connectivity index (χ1v) is 10.7. The van der Waals surface area contributed by atoms with E-state index < -0.39 is 5.54 Å². The summed E-state index contributed by atoms with van der Waals surface area (Å²) < 4.78 is 5.49. The van der Waals surface area contributed by atoms with E-state index >= 15 is 0 Å². The largest absolute Gasteiger partial charge is 0.381 e. The van der Waals surface area contributed by atoms with Gasteiger partial charge in [0.2, 0.25) is 5.91 Å². The van der Waals surface area contributed by atoms with E-state index in [1.807, 2.05) is 19.9 Å². The third kappa shape index (κ3) is 4.32. The molecule has 2 aliphatic rings. The summed E-state index contributed by atoms with van der Waals surface area (Å²) >= 11 is 0. The van der Waals surface area contributed by atoms with Crippen LogP contribution in [0.2, 0.25) is 0 Å². The van der Waals surface area contributed by atoms with Gasteiger partial charge in [0, 0.05) is 44.8 Å². The molecule has 2 aliphatic heterocycles. The molecule has 0 unspecified atom stereocenters. The van der Waals surface area contributed by atoms with Crippen LogP contribution in [0, 0.1) is 12.8 Å². The number of carbonyl (C=O) groups is 1. The Morgan fingerprint density at radius 1 is 1.34 bits per heavy atom. The van der Waals surface area contributed by atoms with Gasteiger partial charge < -0.3 is 15.4 Å². The van der Waals surface area contributed by atoms with Gasteiger partial charge in [-0.15, -0.1) is 0 Å². The highest BCUT2D eigenvalue weighted by Crippen LogP contribution is 2.28. The van der Waals surface area contributed by atoms with Crippen molar-refractivity contribution < 1.29 is 9.53 Å². The molecule has 1 amide bonds. The van der Waals surface area contributed by atoms with Gasteiger partial charge in [0.25, 0.3) is 0 Å². The van der Waals surface area contributed by atoms with Crippen LogP contribution < -0.4 is 10.6 Å². The molecule has 7 heteroatoms. The molecule has 0 spiro atoms. The van der Waals surface area contributed by atoms with E-state index in [9.17, 15) is 4.79 Å². The molecule has 29 heavy (non-hydrogen) atoms. The Morgan fingerprint density at radius 3 is 2.93 bits per heavy atom. The number of carbonyl (C=O) groups excluding carboxylic acids is 1. The van der Waals surface area contributed by atoms with E-state index in [1.165, 1.54) is 0 Å². The molecule has 0 radical (unpaired) electrons. The number of nitrogens with zero attached hydrogens (tertiary/aromatic N) is 2. The molecule has 3 N–H and O–H groups in total. The Balaban J connectivity index is 1.49. The summed E-state index contributed by atoms with van der Waals surface area (Å²) in [5.41, 5.74) is 2.50. The number of H-pyrrole nitrogens is 1. The molecule has 1 aromatic carbocycles. The summed E-state index contributed by atoms with van der Waals surface area (Å²) in [5.74, 6) is 0.682. The average Bonchev–Trinajstić information content (AvgIpc) is 3.15. The molecule has 2 saturated heterocycles. The Hall–Kier alpha value is -1.96. The minimum Gasteiger partial charge on any atom is -0.381 e. The van der Waals surface area contributed by atoms with Crippen molar-refractivity contribution in [3.8, 4) is 0 Å². The van der Waals surface area contributed by atoms with E-state index in [2.05, 4.69) is 44.8 Å². The highest BCUT2D eigenvalue weighted by atomic mass is 16.5. The monoisotopic (exact) mass is 399 g/mol. The van der Waals surface area contributed by atoms with Crippen LogP contribution in [0.1, 0.15) is 37.9 Å². The highest BCUT2D eigenvalue weighted by molar-refractivity contribution is 5.87. The van der Waals surface area contributed by atoms with Gasteiger partial charge in [-0.05, 0) is 45.1 Å². The Labute approximate surface area is 172 Å². The molecule has 0 saturated carbocycles. The summed E-state index contributed by atoms with van der Waals surface area (Å²) in [4.78, 5) is 15.7. The predicted molar refractivity (Wildman–Crippen MR) is 114 cm³/mol. The molecule has 0 aliphatic carbocycles. The van der Waals surface area contributed by atoms with Gasteiger partial charge in [-0.3, -0.25) is 14.8 Å². The van der Waals surface area contributed by atoms with Crippen LogP contribution in [0.15, 0.2) is 18.2 Å². The van der Waals surface area contributed by atoms with Crippen molar-refractivity contribution in [1.29, 1.82) is 0 Å². The van der Waals surface area contributed by atoms with Crippen LogP contribution in [0.4, 0.5) is 0 Å². The second kappa shape index (κ2) is 8.42. The van der Waals surface area contributed by atoms with Crippen LogP contribution in [0.25, 0.3) is 10.9 Å². The minimum absolute atomic E-state index is 0.0677. The lowest BCUT2D eigenvalue weighted by Crippen LogP contribution is -2.60. The number of aryl methyl sites for hydroxylation is 1. The van der Waals surface area contributed by atoms with Gasteiger partial charge in [-0.2, -0.15) is 5.10 Å². The number of amides is 1. The first kappa shape index (κ1) is 20.3. The fourth-order valence-corrected chi connectivity index (χ4v) is 4.60. The number of aromatic amines is 1. The van der Waals surface area contributed by atoms with Gasteiger partial charge in [0.05, 0.1) is 16.7 Å². The van der Waals surface area contributed by atoms with Crippen molar-refractivity contribution in [3.05, 3.63) is 29.5 Å². The number of benzene rings is 1. The quantitative estimate of drug-likeness (QED) is 0.716. The van der Waals surface area contributed by atoms with Crippen LogP contribution in [0.3, 0.4) is 0 Å². The zero-order valence-corrected chi connectivity index (χ0v) is 17.8. The zero-order chi connectivity index (χ0) is 20.4. The van der Waals surface area contributed by atoms with Crippen LogP contribution in [-0.4, -0.2) is 66.4 Å². The maximum Gasteiger partial charge on any atom is 0.239 e. The highest BCUT2D eigenvalue weighted by Gasteiger charge is 2.35. The third-order valence-electron chi connectivity index (χ3n) is 6.33. The number of nitrogens with one attached hydrogen (secondary N) is 3. The van der Waals surface area contributed by atoms with Crippen molar-refractivity contribution in [2.24, 2.45) is 5.92 Å². The number of para-hydroxylation sites is 1. The van der Waals surface area contributed by atoms with E-state index in [0.29, 0.717) is 12.5 Å². The fraction of sp³-hybridized carbons (Fsp3) is 0.636. The van der Waals surface area contributed by atoms with Gasteiger partial charge in [0.1, 0.15) is 6.04 Å². The van der Waals surface area contributed by atoms with Gasteiger partial charge in [0.15, 0.2) is 0 Å². The van der Waals surface area contributed by atoms with Gasteiger partial charge in [-0.1, -0.05) is 18.2 Å². The predicted octanol–water partition coefficient (Wildman–Crippen LogP) is 1.92. The molecular weight excluding hydrogens is 366 g/mol. The molecule has 7 nitrogen and oxygen atoms in total. The van der Waals surface area contributed by atoms with Crippen molar-refractivity contribution in [3.63, 3.8) is 0 Å². The molecule has 158 valence electrons. The normalized spacial score (nSPS) is 22.1. The first-order valence-electron chi connectivity index (χ1n) is 10.7. The van der Waals surface area contributed by atoms with Crippen LogP contribution in [-0.2, 0) is 15.1 Å². The summed E-state index contributed by atoms with van der Waals surface area (Å²) in [6.07, 6.45) is 2.17. The molecule has 0 bridgehead atoms. The van der Waals surface area contributed by atoms with Gasteiger partial charge >= 0.3 is 0 Å². The van der Waals surface area contributed by atoms with Crippen molar-refractivity contribution >= 4 is 16.8 Å². The van der Waals surface area contributed by atoms with Gasteiger partial charge in [-0.25, -0.2) is 0 Å². The molecular formula is C22H33N5O2. The Morgan fingerprint density at radius 2 is 2.14 bits per heavy atom. The maximum absolute atomic E-state index is 13.3. The van der Waals surface area contributed by atoms with Crippen LogP contribution >= 0.6 is 0 Å². The molecule has 2 fully saturated rings. The first-order chi connectivity index (χ1) is 14.0. The number of fused-ring (bicyclic) bond motifs is 1. The topological polar surface area (TPSA) is 82.3 Å². The molecule has 4 rings (SSSR count). The molecule has 1 aromatic heterocycles. The second-order valence-electron chi connectivity index (χ2n) is 8.95. The number of aromatic nitrogens is 2. The number of hydrogen-bond donors (Lipinski definition) is 3. The second-order valence-corrected chi connectivity index (χ2v) is 8.95. The third-order valence-corrected chi connectivity index (χ3v) is 6.33. The number of ether oxygens (including phenoxy) is 1. The van der Waals surface area contributed by atoms with Crippen molar-refractivity contribution in [1.82, 2.24) is 25.7 Å². The molecule has 1 atom stereocenters. The standard InChI is InChI=1S/C22H33N5O2/c1-15-5-4-6-17-19(15)25-26-20(17)22(2,3)24-21(28)18-13-23-9-10-27(18)14-16-7-11-29-12-8-16/h4-6,16,18,23H,7-14H2,1-3H3,(H,24,28)(H,25,26)/t18-/m0/s1. The van der Waals surface area contributed by atoms with E-state index in [4.69, 9.17) is 4.74 Å². The lowest BCUT2D eigenvalue weighted by atomic mass is 9.95. The smallest absolute Gasteiger partial charge is 0.239 e. The summed E-state index contributed by atoms with van der Waals surface area (Å²) in [5, 5.41) is 15.4. The summed E-state index contributed by atoms with van der Waals surface area (Å²) in [6.45, 7) is 11.3. The van der Waals surface area contributed by atoms with E-state index in [0.717, 1.165) is 67.8 Å². The van der Waals surface area contributed by atoms with Crippen molar-refractivity contribution in [2.45, 2.75) is 45.2 Å². The lowest BCUT2D eigenvalue weighted by molar-refractivity contribution is -0.129. The molecule has 3 heterocycles. The molecule has 2 aromatic rings. The number of hydrogen-bond acceptors (Lipinski definition) is 5. The SMILES string of the molecule is Cc1cccc2c(C(C)(C)NC(=O)[C@@H]3CNCCN3CC3CCOCC3)n[nH]c12. The maximum atomic E-state index is 13.3. The van der Waals surface area contributed by atoms with Crippen molar-refractivity contribution in [2.75, 3.05) is 39.4 Å². The van der Waals surface area contributed by atoms with Crippen LogP contribution in [0.5, 0.6) is 0 Å². The number of piperazine rings is 1. The fourth-order valence-electron chi connectivity index (χ4n) is 4.60. The Kier molecular flexibility index (Phi) is 5.90. The Bertz CT molecular complexity index is 856. The summed E-state index contributed by atoms with van der Waals surface area (Å²) in [6, 6.07) is 6.01.